The summed E-state index contributed by atoms with van der Waals surface area (Å²) < 4.78 is 26.6. The Bertz CT molecular complexity index is 542. The zero-order valence-electron chi connectivity index (χ0n) is 9.47. The number of aromatic nitrogens is 2. The minimum Gasteiger partial charge on any atom is -0.342 e. The number of fused-ring (bicyclic) bond motifs is 1. The molecule has 1 fully saturated rings. The molecule has 0 unspecified atom stereocenters. The Kier molecular flexibility index (Phi) is 2.57. The van der Waals surface area contributed by atoms with E-state index >= 15 is 0 Å². The van der Waals surface area contributed by atoms with Gasteiger partial charge in [0, 0.05) is 12.0 Å². The van der Waals surface area contributed by atoms with Gasteiger partial charge >= 0.3 is 0 Å². The van der Waals surface area contributed by atoms with E-state index in [-0.39, 0.29) is 5.52 Å². The van der Waals surface area contributed by atoms with Crippen LogP contribution in [0.2, 0.25) is 0 Å². The summed E-state index contributed by atoms with van der Waals surface area (Å²) in [5, 5.41) is 0. The number of aromatic amines is 1. The molecule has 0 saturated heterocycles. The highest BCUT2D eigenvalue weighted by Crippen LogP contribution is 2.32. The van der Waals surface area contributed by atoms with E-state index in [0.29, 0.717) is 11.4 Å². The molecule has 1 aliphatic rings. The molecule has 0 aliphatic heterocycles. The van der Waals surface area contributed by atoms with E-state index in [1.54, 1.807) is 0 Å². The summed E-state index contributed by atoms with van der Waals surface area (Å²) in [4.78, 5) is 7.34. The highest BCUT2D eigenvalue weighted by atomic mass is 19.1. The maximum absolute atomic E-state index is 13.5. The molecule has 90 valence electrons. The number of hydrogen-bond donors (Lipinski definition) is 1. The lowest BCUT2D eigenvalue weighted by atomic mass is 9.89. The van der Waals surface area contributed by atoms with Crippen LogP contribution < -0.4 is 0 Å². The first kappa shape index (κ1) is 10.7. The number of nitrogens with zero attached hydrogens (tertiary/aromatic N) is 1. The summed E-state index contributed by atoms with van der Waals surface area (Å²) in [6.45, 7) is 0. The Labute approximate surface area is 98.1 Å². The number of benzene rings is 1. The van der Waals surface area contributed by atoms with Gasteiger partial charge in [0.15, 0.2) is 5.82 Å². The smallest absolute Gasteiger partial charge is 0.153 e. The Morgan fingerprint density at radius 1 is 1.12 bits per heavy atom. The van der Waals surface area contributed by atoms with E-state index in [4.69, 9.17) is 0 Å². The summed E-state index contributed by atoms with van der Waals surface area (Å²) in [6, 6.07) is 2.19. The molecule has 1 saturated carbocycles. The minimum absolute atomic E-state index is 0.256. The van der Waals surface area contributed by atoms with Crippen LogP contribution in [0.1, 0.15) is 43.8 Å². The predicted octanol–water partition coefficient (Wildman–Crippen LogP) is 3.89. The fourth-order valence-corrected chi connectivity index (χ4v) is 2.63. The van der Waals surface area contributed by atoms with Gasteiger partial charge in [-0.2, -0.15) is 0 Å². The second kappa shape index (κ2) is 4.09. The quantitative estimate of drug-likeness (QED) is 0.799. The number of rotatable bonds is 1. The van der Waals surface area contributed by atoms with Crippen molar-refractivity contribution in [1.82, 2.24) is 9.97 Å². The van der Waals surface area contributed by atoms with Gasteiger partial charge in [0.05, 0.1) is 5.52 Å². The van der Waals surface area contributed by atoms with Gasteiger partial charge in [-0.1, -0.05) is 19.3 Å². The van der Waals surface area contributed by atoms with E-state index in [2.05, 4.69) is 9.97 Å². The van der Waals surface area contributed by atoms with Crippen molar-refractivity contribution in [2.75, 3.05) is 0 Å². The van der Waals surface area contributed by atoms with Crippen LogP contribution in [0.3, 0.4) is 0 Å². The van der Waals surface area contributed by atoms with Crippen molar-refractivity contribution in [3.05, 3.63) is 29.6 Å². The monoisotopic (exact) mass is 236 g/mol. The first-order valence-electron chi connectivity index (χ1n) is 6.09. The van der Waals surface area contributed by atoms with E-state index < -0.39 is 11.6 Å². The number of hydrogen-bond acceptors (Lipinski definition) is 1. The zero-order chi connectivity index (χ0) is 11.8. The maximum atomic E-state index is 13.5. The SMILES string of the molecule is Fc1cc(F)c2nc(C3CCCCC3)[nH]c2c1. The minimum atomic E-state index is -0.585. The van der Waals surface area contributed by atoms with Crippen molar-refractivity contribution < 1.29 is 8.78 Å². The third-order valence-corrected chi connectivity index (χ3v) is 3.52. The number of nitrogens with one attached hydrogen (secondary N) is 1. The van der Waals surface area contributed by atoms with Crippen LogP contribution in [-0.2, 0) is 0 Å². The van der Waals surface area contributed by atoms with Crippen LogP contribution >= 0.6 is 0 Å². The molecule has 1 N–H and O–H groups in total. The van der Waals surface area contributed by atoms with Gasteiger partial charge in [-0.25, -0.2) is 13.8 Å². The molecule has 0 spiro atoms. The van der Waals surface area contributed by atoms with E-state index in [0.717, 1.165) is 24.7 Å². The van der Waals surface area contributed by atoms with E-state index in [1.807, 2.05) is 0 Å². The molecule has 1 aromatic carbocycles. The fraction of sp³-hybridized carbons (Fsp3) is 0.462. The van der Waals surface area contributed by atoms with Crippen LogP contribution in [0.4, 0.5) is 8.78 Å². The second-order valence-electron chi connectivity index (χ2n) is 4.74. The Balaban J connectivity index is 2.03. The van der Waals surface area contributed by atoms with Crippen LogP contribution in [0, 0.1) is 11.6 Å². The van der Waals surface area contributed by atoms with Gasteiger partial charge in [0.25, 0.3) is 0 Å². The summed E-state index contributed by atoms with van der Waals surface area (Å²) in [7, 11) is 0. The van der Waals surface area contributed by atoms with Crippen LogP contribution in [0.15, 0.2) is 12.1 Å². The molecule has 2 nitrogen and oxygen atoms in total. The lowest BCUT2D eigenvalue weighted by molar-refractivity contribution is 0.431. The van der Waals surface area contributed by atoms with Crippen LogP contribution in [0.25, 0.3) is 11.0 Å². The molecule has 0 amide bonds. The first-order chi connectivity index (χ1) is 8.24. The number of H-pyrrole nitrogens is 1. The molecule has 1 aromatic heterocycles. The van der Waals surface area contributed by atoms with Crippen molar-refractivity contribution in [3.63, 3.8) is 0 Å². The highest BCUT2D eigenvalue weighted by molar-refractivity contribution is 5.75. The van der Waals surface area contributed by atoms with Crippen LogP contribution in [-0.4, -0.2) is 9.97 Å². The number of halogens is 2. The fourth-order valence-electron chi connectivity index (χ4n) is 2.63. The van der Waals surface area contributed by atoms with Gasteiger partial charge in [-0.05, 0) is 18.9 Å². The Morgan fingerprint density at radius 3 is 2.65 bits per heavy atom. The average molecular weight is 236 g/mol. The van der Waals surface area contributed by atoms with Gasteiger partial charge < -0.3 is 4.98 Å². The third-order valence-electron chi connectivity index (χ3n) is 3.52. The van der Waals surface area contributed by atoms with Crippen molar-refractivity contribution in [1.29, 1.82) is 0 Å². The van der Waals surface area contributed by atoms with Crippen molar-refractivity contribution >= 4 is 11.0 Å². The molecule has 4 heteroatoms. The molecule has 3 rings (SSSR count). The van der Waals surface area contributed by atoms with Crippen molar-refractivity contribution in [2.45, 2.75) is 38.0 Å². The van der Waals surface area contributed by atoms with Crippen LogP contribution in [0.5, 0.6) is 0 Å². The maximum Gasteiger partial charge on any atom is 0.153 e. The molecule has 1 heterocycles. The highest BCUT2D eigenvalue weighted by Gasteiger charge is 2.20. The predicted molar refractivity (Wildman–Crippen MR) is 61.8 cm³/mol. The van der Waals surface area contributed by atoms with Crippen molar-refractivity contribution in [2.24, 2.45) is 0 Å². The van der Waals surface area contributed by atoms with E-state index in [1.165, 1.54) is 25.3 Å². The third kappa shape index (κ3) is 1.92. The summed E-state index contributed by atoms with van der Waals surface area (Å²) in [5.74, 6) is 0.0370. The summed E-state index contributed by atoms with van der Waals surface area (Å²) >= 11 is 0. The lowest BCUT2D eigenvalue weighted by Crippen LogP contribution is -2.05. The van der Waals surface area contributed by atoms with Gasteiger partial charge in [0.2, 0.25) is 0 Å². The van der Waals surface area contributed by atoms with E-state index in [9.17, 15) is 8.78 Å². The Morgan fingerprint density at radius 2 is 1.88 bits per heavy atom. The second-order valence-corrected chi connectivity index (χ2v) is 4.74. The molecule has 17 heavy (non-hydrogen) atoms. The van der Waals surface area contributed by atoms with Gasteiger partial charge in [0.1, 0.15) is 17.2 Å². The summed E-state index contributed by atoms with van der Waals surface area (Å²) in [5.41, 5.74) is 0.718. The summed E-state index contributed by atoms with van der Waals surface area (Å²) in [6.07, 6.45) is 5.82. The van der Waals surface area contributed by atoms with Gasteiger partial charge in [-0.15, -0.1) is 0 Å². The normalized spacial score (nSPS) is 17.8. The lowest BCUT2D eigenvalue weighted by Gasteiger charge is -2.18. The molecule has 0 bridgehead atoms. The first-order valence-corrected chi connectivity index (χ1v) is 6.09. The average Bonchev–Trinajstić information content (AvgIpc) is 2.74. The standard InChI is InChI=1S/C13H14F2N2/c14-9-6-10(15)12-11(7-9)16-13(17-12)8-4-2-1-3-5-8/h6-8H,1-5H2,(H,16,17). The van der Waals surface area contributed by atoms with Crippen molar-refractivity contribution in [3.8, 4) is 0 Å². The molecule has 0 radical (unpaired) electrons. The largest absolute Gasteiger partial charge is 0.342 e. The molecule has 1 aliphatic carbocycles. The molecule has 0 atom stereocenters. The zero-order valence-corrected chi connectivity index (χ0v) is 9.47. The molecular formula is C13H14F2N2. The molecule has 2 aromatic rings. The Hall–Kier alpha value is -1.45. The topological polar surface area (TPSA) is 28.7 Å². The van der Waals surface area contributed by atoms with Gasteiger partial charge in [-0.3, -0.25) is 0 Å². The molecular weight excluding hydrogens is 222 g/mol. The number of imidazole rings is 1.